The maximum Gasteiger partial charge on any atom is 0.311 e. The van der Waals surface area contributed by atoms with Gasteiger partial charge in [0.15, 0.2) is 0 Å². The molecule has 0 unspecified atom stereocenters. The monoisotopic (exact) mass is 292 g/mol. The van der Waals surface area contributed by atoms with Crippen LogP contribution in [0.2, 0.25) is 0 Å². The maximum absolute atomic E-state index is 12.0. The van der Waals surface area contributed by atoms with E-state index in [9.17, 15) is 19.8 Å². The van der Waals surface area contributed by atoms with Gasteiger partial charge in [0.25, 0.3) is 5.91 Å². The summed E-state index contributed by atoms with van der Waals surface area (Å²) in [6.45, 7) is 2.19. The zero-order valence-electron chi connectivity index (χ0n) is 12.0. The highest BCUT2D eigenvalue weighted by Gasteiger charge is 2.41. The number of hydrogen-bond donors (Lipinski definition) is 3. The van der Waals surface area contributed by atoms with Gasteiger partial charge < -0.3 is 15.5 Å². The van der Waals surface area contributed by atoms with Crippen molar-refractivity contribution in [1.82, 2.24) is 10.3 Å². The first-order valence-electron chi connectivity index (χ1n) is 7.09. The molecular formula is C15H20N2O4. The number of amides is 1. The van der Waals surface area contributed by atoms with Crippen molar-refractivity contribution < 1.29 is 19.8 Å². The van der Waals surface area contributed by atoms with Gasteiger partial charge in [0.2, 0.25) is 0 Å². The number of nitrogens with one attached hydrogen (secondary N) is 1. The van der Waals surface area contributed by atoms with Crippen LogP contribution in [-0.4, -0.2) is 33.6 Å². The fourth-order valence-corrected chi connectivity index (χ4v) is 2.70. The highest BCUT2D eigenvalue weighted by Crippen LogP contribution is 2.38. The normalized spacial score (nSPS) is 25.3. The number of carbonyl (C=O) groups excluding carboxylic acids is 1. The molecule has 0 spiro atoms. The Balaban J connectivity index is 2.04. The number of carboxylic acids is 1. The minimum atomic E-state index is -0.898. The Hall–Kier alpha value is -2.11. The van der Waals surface area contributed by atoms with E-state index in [-0.39, 0.29) is 17.9 Å². The van der Waals surface area contributed by atoms with Gasteiger partial charge in [-0.05, 0) is 37.7 Å². The Kier molecular flexibility index (Phi) is 4.45. The maximum atomic E-state index is 12.0. The number of hydrogen-bond acceptors (Lipinski definition) is 4. The zero-order valence-corrected chi connectivity index (χ0v) is 12.0. The van der Waals surface area contributed by atoms with Crippen LogP contribution in [-0.2, 0) is 4.79 Å². The molecule has 1 aromatic heterocycles. The molecule has 0 saturated heterocycles. The number of carbonyl (C=O) groups is 2. The highest BCUT2D eigenvalue weighted by atomic mass is 16.4. The predicted octanol–water partition coefficient (Wildman–Crippen LogP) is 1.80. The standard InChI is InChI=1S/C15H20N2O4/c1-10-2-5-15(6-3-10,14(20)21)9-17-13(19)11-4-7-16-8-12(11)18/h4,7-8,10,18H,2-3,5-6,9H2,1H3,(H,17,19)(H,20,21). The van der Waals surface area contributed by atoms with Crippen LogP contribution in [0.5, 0.6) is 5.75 Å². The van der Waals surface area contributed by atoms with E-state index in [4.69, 9.17) is 0 Å². The molecular weight excluding hydrogens is 272 g/mol. The number of aromatic nitrogens is 1. The Morgan fingerprint density at radius 1 is 1.43 bits per heavy atom. The van der Waals surface area contributed by atoms with Crippen LogP contribution in [0.4, 0.5) is 0 Å². The molecule has 0 radical (unpaired) electrons. The second kappa shape index (κ2) is 6.11. The van der Waals surface area contributed by atoms with Crippen LogP contribution in [0, 0.1) is 11.3 Å². The van der Waals surface area contributed by atoms with Crippen molar-refractivity contribution in [3.63, 3.8) is 0 Å². The van der Waals surface area contributed by atoms with Crippen molar-refractivity contribution in [2.75, 3.05) is 6.54 Å². The molecule has 6 nitrogen and oxygen atoms in total. The van der Waals surface area contributed by atoms with Gasteiger partial charge in [-0.15, -0.1) is 0 Å². The van der Waals surface area contributed by atoms with Gasteiger partial charge in [-0.1, -0.05) is 6.92 Å². The first-order chi connectivity index (χ1) is 9.94. The third-order valence-electron chi connectivity index (χ3n) is 4.32. The molecule has 2 rings (SSSR count). The van der Waals surface area contributed by atoms with Crippen molar-refractivity contribution in [1.29, 1.82) is 0 Å². The lowest BCUT2D eigenvalue weighted by Gasteiger charge is -2.35. The largest absolute Gasteiger partial charge is 0.505 e. The summed E-state index contributed by atoms with van der Waals surface area (Å²) in [5.74, 6) is -1.03. The summed E-state index contributed by atoms with van der Waals surface area (Å²) in [6, 6.07) is 1.40. The average molecular weight is 292 g/mol. The van der Waals surface area contributed by atoms with Gasteiger partial charge in [0.1, 0.15) is 5.75 Å². The fraction of sp³-hybridized carbons (Fsp3) is 0.533. The number of nitrogens with zero attached hydrogens (tertiary/aromatic N) is 1. The molecule has 1 aliphatic rings. The number of rotatable bonds is 4. The van der Waals surface area contributed by atoms with Crippen molar-refractivity contribution in [2.24, 2.45) is 11.3 Å². The van der Waals surface area contributed by atoms with Crippen molar-refractivity contribution in [2.45, 2.75) is 32.6 Å². The van der Waals surface area contributed by atoms with Crippen LogP contribution in [0.25, 0.3) is 0 Å². The van der Waals surface area contributed by atoms with Gasteiger partial charge in [0, 0.05) is 12.7 Å². The first-order valence-corrected chi connectivity index (χ1v) is 7.09. The Labute approximate surface area is 123 Å². The van der Waals surface area contributed by atoms with E-state index in [1.54, 1.807) is 0 Å². The van der Waals surface area contributed by atoms with E-state index in [0.717, 1.165) is 12.8 Å². The molecule has 0 aromatic carbocycles. The number of aliphatic carboxylic acids is 1. The summed E-state index contributed by atoms with van der Waals surface area (Å²) in [7, 11) is 0. The molecule has 6 heteroatoms. The summed E-state index contributed by atoms with van der Waals surface area (Å²) in [5, 5.41) is 21.7. The molecule has 114 valence electrons. The van der Waals surface area contributed by atoms with Gasteiger partial charge >= 0.3 is 5.97 Å². The van der Waals surface area contributed by atoms with Gasteiger partial charge in [0.05, 0.1) is 17.2 Å². The van der Waals surface area contributed by atoms with E-state index in [2.05, 4.69) is 17.2 Å². The second-order valence-electron chi connectivity index (χ2n) is 5.84. The van der Waals surface area contributed by atoms with Crippen molar-refractivity contribution >= 4 is 11.9 Å². The van der Waals surface area contributed by atoms with Crippen LogP contribution >= 0.6 is 0 Å². The lowest BCUT2D eigenvalue weighted by Crippen LogP contribution is -2.45. The second-order valence-corrected chi connectivity index (χ2v) is 5.84. The van der Waals surface area contributed by atoms with Crippen molar-refractivity contribution in [3.05, 3.63) is 24.0 Å². The molecule has 1 aliphatic carbocycles. The summed E-state index contributed by atoms with van der Waals surface area (Å²) in [6.07, 6.45) is 5.41. The van der Waals surface area contributed by atoms with Crippen LogP contribution in [0.15, 0.2) is 18.5 Å². The third-order valence-corrected chi connectivity index (χ3v) is 4.32. The van der Waals surface area contributed by atoms with Crippen LogP contribution < -0.4 is 5.32 Å². The molecule has 1 fully saturated rings. The predicted molar refractivity (Wildman–Crippen MR) is 75.9 cm³/mol. The lowest BCUT2D eigenvalue weighted by atomic mass is 9.71. The highest BCUT2D eigenvalue weighted by molar-refractivity contribution is 5.96. The van der Waals surface area contributed by atoms with E-state index >= 15 is 0 Å². The van der Waals surface area contributed by atoms with E-state index < -0.39 is 17.3 Å². The van der Waals surface area contributed by atoms with Gasteiger partial charge in [-0.3, -0.25) is 14.6 Å². The zero-order chi connectivity index (χ0) is 15.5. The van der Waals surface area contributed by atoms with Crippen molar-refractivity contribution in [3.8, 4) is 5.75 Å². The Morgan fingerprint density at radius 2 is 2.10 bits per heavy atom. The number of aromatic hydroxyl groups is 1. The molecule has 1 aromatic rings. The summed E-state index contributed by atoms with van der Waals surface area (Å²) < 4.78 is 0. The summed E-state index contributed by atoms with van der Waals surface area (Å²) >= 11 is 0. The topological polar surface area (TPSA) is 99.5 Å². The molecule has 3 N–H and O–H groups in total. The molecule has 1 saturated carbocycles. The van der Waals surface area contributed by atoms with Crippen LogP contribution in [0.1, 0.15) is 43.0 Å². The van der Waals surface area contributed by atoms with E-state index in [1.807, 2.05) is 0 Å². The van der Waals surface area contributed by atoms with E-state index in [0.29, 0.717) is 18.8 Å². The molecule has 1 amide bonds. The molecule has 21 heavy (non-hydrogen) atoms. The summed E-state index contributed by atoms with van der Waals surface area (Å²) in [4.78, 5) is 27.3. The third kappa shape index (κ3) is 3.32. The molecule has 1 heterocycles. The Morgan fingerprint density at radius 3 is 2.67 bits per heavy atom. The lowest BCUT2D eigenvalue weighted by molar-refractivity contribution is -0.151. The minimum absolute atomic E-state index is 0.0790. The quantitative estimate of drug-likeness (QED) is 0.785. The Bertz CT molecular complexity index is 536. The SMILES string of the molecule is CC1CCC(CNC(=O)c2ccncc2O)(C(=O)O)CC1. The molecule has 0 atom stereocenters. The van der Waals surface area contributed by atoms with E-state index in [1.165, 1.54) is 18.5 Å². The average Bonchev–Trinajstić information content (AvgIpc) is 2.47. The summed E-state index contributed by atoms with van der Waals surface area (Å²) in [5.41, 5.74) is -0.792. The van der Waals surface area contributed by atoms with Gasteiger partial charge in [-0.25, -0.2) is 0 Å². The molecule has 0 aliphatic heterocycles. The number of pyridine rings is 1. The van der Waals surface area contributed by atoms with Crippen LogP contribution in [0.3, 0.4) is 0 Å². The number of carboxylic acid groups (broad SMARTS) is 1. The van der Waals surface area contributed by atoms with Gasteiger partial charge in [-0.2, -0.15) is 0 Å². The molecule has 0 bridgehead atoms. The smallest absolute Gasteiger partial charge is 0.311 e. The minimum Gasteiger partial charge on any atom is -0.505 e. The fourth-order valence-electron chi connectivity index (χ4n) is 2.70. The first kappa shape index (κ1) is 15.3.